The van der Waals surface area contributed by atoms with Gasteiger partial charge in [0.05, 0.1) is 5.69 Å². The van der Waals surface area contributed by atoms with Crippen molar-refractivity contribution in [3.05, 3.63) is 77.6 Å². The van der Waals surface area contributed by atoms with Crippen LogP contribution >= 0.6 is 0 Å². The summed E-state index contributed by atoms with van der Waals surface area (Å²) < 4.78 is 0. The molecule has 2 heterocycles. The number of aliphatic carboxylic acids is 1. The Kier molecular flexibility index (Phi) is 9.44. The lowest BCUT2D eigenvalue weighted by molar-refractivity contribution is -0.138. The zero-order valence-electron chi connectivity index (χ0n) is 22.2. The third-order valence-corrected chi connectivity index (χ3v) is 6.58. The number of carboxylic acids is 1. The molecule has 0 bridgehead atoms. The van der Waals surface area contributed by atoms with E-state index in [1.54, 1.807) is 42.7 Å². The Morgan fingerprint density at radius 2 is 1.92 bits per heavy atom. The number of carboxylic acid groups (broad SMARTS) is 1. The average molecular weight is 529 g/mol. The summed E-state index contributed by atoms with van der Waals surface area (Å²) in [5.74, 6) is 0.652. The number of nitrogens with zero attached hydrogens (tertiary/aromatic N) is 4. The minimum atomic E-state index is -0.985. The molecule has 4 rings (SSSR count). The van der Waals surface area contributed by atoms with Gasteiger partial charge in [0.2, 0.25) is 5.95 Å². The number of hydrogen-bond donors (Lipinski definition) is 5. The molecule has 3 aromatic rings. The quantitative estimate of drug-likeness (QED) is 0.136. The van der Waals surface area contributed by atoms with Crippen molar-refractivity contribution in [1.82, 2.24) is 14.9 Å². The maximum atomic E-state index is 12.3. The van der Waals surface area contributed by atoms with E-state index in [2.05, 4.69) is 25.5 Å². The Hall–Kier alpha value is -4.47. The average Bonchev–Trinajstić information content (AvgIpc) is 3.15. The Morgan fingerprint density at radius 3 is 2.64 bits per heavy atom. The van der Waals surface area contributed by atoms with Gasteiger partial charge in [0.25, 0.3) is 0 Å². The van der Waals surface area contributed by atoms with Gasteiger partial charge >= 0.3 is 5.97 Å². The van der Waals surface area contributed by atoms with Crippen LogP contribution < -0.4 is 16.4 Å². The second-order valence-corrected chi connectivity index (χ2v) is 9.69. The minimum Gasteiger partial charge on any atom is -0.479 e. The zero-order valence-corrected chi connectivity index (χ0v) is 22.2. The molecule has 39 heavy (non-hydrogen) atoms. The van der Waals surface area contributed by atoms with Crippen molar-refractivity contribution in [2.45, 2.75) is 45.1 Å². The number of rotatable bonds is 11. The van der Waals surface area contributed by atoms with Gasteiger partial charge in [0.15, 0.2) is 6.04 Å². The van der Waals surface area contributed by atoms with Crippen LogP contribution in [0.4, 0.5) is 17.3 Å². The minimum absolute atomic E-state index is 0.0344. The van der Waals surface area contributed by atoms with Gasteiger partial charge in [0, 0.05) is 49.7 Å². The summed E-state index contributed by atoms with van der Waals surface area (Å²) in [4.78, 5) is 28.1. The van der Waals surface area contributed by atoms with Crippen LogP contribution in [0.3, 0.4) is 0 Å². The number of hydrogen-bond acceptors (Lipinski definition) is 7. The molecule has 0 amide bonds. The predicted molar refractivity (Wildman–Crippen MR) is 155 cm³/mol. The first-order valence-electron chi connectivity index (χ1n) is 13.3. The number of aliphatic imine (C=N–C) groups is 1. The number of amidine groups is 2. The maximum Gasteiger partial charge on any atom is 0.330 e. The monoisotopic (exact) mass is 528 g/mol. The lowest BCUT2D eigenvalue weighted by Gasteiger charge is -2.24. The van der Waals surface area contributed by atoms with Gasteiger partial charge in [-0.3, -0.25) is 5.41 Å². The van der Waals surface area contributed by atoms with Gasteiger partial charge < -0.3 is 26.4 Å². The third-order valence-electron chi connectivity index (χ3n) is 6.58. The summed E-state index contributed by atoms with van der Waals surface area (Å²) in [6.45, 7) is 4.54. The molecular formula is C29H36N8O2. The number of aryl methyl sites for hydroxylation is 1. The van der Waals surface area contributed by atoms with Gasteiger partial charge in [-0.15, -0.1) is 0 Å². The van der Waals surface area contributed by atoms with E-state index in [-0.39, 0.29) is 5.84 Å². The Labute approximate surface area is 228 Å². The van der Waals surface area contributed by atoms with Gasteiger partial charge in [-0.25, -0.2) is 19.8 Å². The van der Waals surface area contributed by atoms with Crippen molar-refractivity contribution in [3.8, 4) is 0 Å². The van der Waals surface area contributed by atoms with Crippen LogP contribution in [0, 0.1) is 12.3 Å². The van der Waals surface area contributed by atoms with Crippen molar-refractivity contribution >= 4 is 35.0 Å². The Balaban J connectivity index is 1.50. The highest BCUT2D eigenvalue weighted by Gasteiger charge is 2.21. The SMILES string of the molecule is Cc1cc(N=C2CCCCCN2CCCNc2ncccn2)cc(C(Nc2ccc(C(=N)N)cc2)C(=O)O)c1. The standard InChI is InChI=1S/C29H36N8O2/c1-20-17-22(26(28(38)39)36-23-10-8-21(9-11-23)27(30)31)19-24(18-20)35-25-7-3-2-4-15-37(25)16-6-14-34-29-32-12-5-13-33-29/h5,8-13,17-19,26,36H,2-4,6-7,14-16H2,1H3,(H3,30,31)(H,38,39)(H,32,33,34). The summed E-state index contributed by atoms with van der Waals surface area (Å²) in [7, 11) is 0. The molecular weight excluding hydrogens is 492 g/mol. The summed E-state index contributed by atoms with van der Waals surface area (Å²) >= 11 is 0. The van der Waals surface area contributed by atoms with E-state index in [9.17, 15) is 9.90 Å². The topological polar surface area (TPSA) is 153 Å². The highest BCUT2D eigenvalue weighted by atomic mass is 16.4. The maximum absolute atomic E-state index is 12.3. The molecule has 10 nitrogen and oxygen atoms in total. The fourth-order valence-electron chi connectivity index (χ4n) is 4.65. The first-order chi connectivity index (χ1) is 18.9. The number of nitrogens with one attached hydrogen (secondary N) is 3. The molecule has 6 N–H and O–H groups in total. The summed E-state index contributed by atoms with van der Waals surface area (Å²) in [5.41, 5.74) is 9.07. The number of carbonyl (C=O) groups is 1. The Bertz CT molecular complexity index is 1290. The molecule has 1 atom stereocenters. The molecule has 0 spiro atoms. The fraction of sp³-hybridized carbons (Fsp3) is 0.345. The molecule has 0 aliphatic carbocycles. The summed E-state index contributed by atoms with van der Waals surface area (Å²) in [6, 6.07) is 13.4. The number of benzene rings is 2. The molecule has 2 aromatic carbocycles. The van der Waals surface area contributed by atoms with Crippen molar-refractivity contribution in [3.63, 3.8) is 0 Å². The van der Waals surface area contributed by atoms with E-state index in [1.807, 2.05) is 25.1 Å². The second-order valence-electron chi connectivity index (χ2n) is 9.69. The highest BCUT2D eigenvalue weighted by molar-refractivity contribution is 5.95. The molecule has 204 valence electrons. The number of anilines is 2. The van der Waals surface area contributed by atoms with Crippen molar-refractivity contribution in [2.24, 2.45) is 10.7 Å². The molecule has 0 saturated carbocycles. The van der Waals surface area contributed by atoms with E-state index >= 15 is 0 Å². The van der Waals surface area contributed by atoms with Crippen LogP contribution in [0.1, 0.15) is 54.8 Å². The van der Waals surface area contributed by atoms with Gasteiger partial charge in [-0.2, -0.15) is 0 Å². The lowest BCUT2D eigenvalue weighted by Crippen LogP contribution is -2.32. The first-order valence-corrected chi connectivity index (χ1v) is 13.3. The normalized spacial score (nSPS) is 15.4. The molecule has 1 unspecified atom stereocenters. The molecule has 10 heteroatoms. The molecule has 1 aromatic heterocycles. The molecule has 1 saturated heterocycles. The Morgan fingerprint density at radius 1 is 1.15 bits per heavy atom. The van der Waals surface area contributed by atoms with Crippen LogP contribution in [0.5, 0.6) is 0 Å². The fourth-order valence-corrected chi connectivity index (χ4v) is 4.65. The highest BCUT2D eigenvalue weighted by Crippen LogP contribution is 2.27. The number of likely N-dealkylation sites (tertiary alicyclic amines) is 1. The molecule has 0 radical (unpaired) electrons. The van der Waals surface area contributed by atoms with E-state index in [1.165, 1.54) is 0 Å². The zero-order chi connectivity index (χ0) is 27.6. The van der Waals surface area contributed by atoms with Gasteiger partial charge in [-0.05, 0) is 79.8 Å². The lowest BCUT2D eigenvalue weighted by atomic mass is 10.0. The molecule has 1 aliphatic heterocycles. The number of nitrogens with two attached hydrogens (primary N) is 1. The number of nitrogen functional groups attached to an aromatic ring is 1. The molecule has 1 aliphatic rings. The van der Waals surface area contributed by atoms with Gasteiger partial charge in [0.1, 0.15) is 11.7 Å². The molecule has 1 fully saturated rings. The van der Waals surface area contributed by atoms with Crippen LogP contribution in [0.15, 0.2) is 65.9 Å². The van der Waals surface area contributed by atoms with Gasteiger partial charge in [-0.1, -0.05) is 12.5 Å². The van der Waals surface area contributed by atoms with E-state index < -0.39 is 12.0 Å². The smallest absolute Gasteiger partial charge is 0.330 e. The van der Waals surface area contributed by atoms with E-state index in [0.717, 1.165) is 68.8 Å². The van der Waals surface area contributed by atoms with Crippen LogP contribution in [-0.2, 0) is 4.79 Å². The van der Waals surface area contributed by atoms with Crippen LogP contribution in [-0.4, -0.2) is 57.2 Å². The van der Waals surface area contributed by atoms with Crippen molar-refractivity contribution in [2.75, 3.05) is 30.3 Å². The largest absolute Gasteiger partial charge is 0.479 e. The van der Waals surface area contributed by atoms with E-state index in [0.29, 0.717) is 22.8 Å². The second kappa shape index (κ2) is 13.4. The third kappa shape index (κ3) is 8.00. The van der Waals surface area contributed by atoms with Crippen molar-refractivity contribution in [1.29, 1.82) is 5.41 Å². The van der Waals surface area contributed by atoms with Crippen molar-refractivity contribution < 1.29 is 9.90 Å². The first kappa shape index (κ1) is 27.6. The predicted octanol–water partition coefficient (Wildman–Crippen LogP) is 4.72. The number of aromatic nitrogens is 2. The van der Waals surface area contributed by atoms with E-state index in [4.69, 9.17) is 16.1 Å². The summed E-state index contributed by atoms with van der Waals surface area (Å²) in [6.07, 6.45) is 8.63. The summed E-state index contributed by atoms with van der Waals surface area (Å²) in [5, 5.41) is 24.0. The van der Waals surface area contributed by atoms with Crippen LogP contribution in [0.2, 0.25) is 0 Å². The van der Waals surface area contributed by atoms with Crippen LogP contribution in [0.25, 0.3) is 0 Å².